The van der Waals surface area contributed by atoms with Crippen LogP contribution in [0.25, 0.3) is 11.0 Å². The molecular formula is C14H13Cl2N3. The molecule has 0 atom stereocenters. The Labute approximate surface area is 122 Å². The van der Waals surface area contributed by atoms with Crippen molar-refractivity contribution in [1.29, 1.82) is 0 Å². The van der Waals surface area contributed by atoms with Gasteiger partial charge in [0.15, 0.2) is 0 Å². The van der Waals surface area contributed by atoms with Crippen LogP contribution < -0.4 is 5.32 Å². The SMILES string of the molecule is Cc1cccc(Cl)c1Nc1nc2ccccc2[nH]1.Cl. The van der Waals surface area contributed by atoms with Crippen molar-refractivity contribution in [3.63, 3.8) is 0 Å². The summed E-state index contributed by atoms with van der Waals surface area (Å²) < 4.78 is 0. The molecule has 1 aromatic heterocycles. The zero-order chi connectivity index (χ0) is 12.5. The van der Waals surface area contributed by atoms with Crippen LogP contribution in [0.3, 0.4) is 0 Å². The number of benzene rings is 2. The van der Waals surface area contributed by atoms with Gasteiger partial charge < -0.3 is 10.3 Å². The highest BCUT2D eigenvalue weighted by Gasteiger charge is 2.06. The number of halogens is 2. The largest absolute Gasteiger partial charge is 0.324 e. The molecule has 19 heavy (non-hydrogen) atoms. The number of fused-ring (bicyclic) bond motifs is 1. The number of nitrogens with zero attached hydrogens (tertiary/aromatic N) is 1. The molecule has 3 aromatic rings. The standard InChI is InChI=1S/C14H12ClN3.ClH/c1-9-5-4-6-10(15)13(9)18-14-16-11-7-2-3-8-12(11)17-14;/h2-8H,1H3,(H2,16,17,18);1H. The van der Waals surface area contributed by atoms with Crippen LogP contribution in [-0.2, 0) is 0 Å². The molecule has 3 rings (SSSR count). The highest BCUT2D eigenvalue weighted by Crippen LogP contribution is 2.28. The predicted molar refractivity (Wildman–Crippen MR) is 82.8 cm³/mol. The number of hydrogen-bond acceptors (Lipinski definition) is 2. The molecule has 0 spiro atoms. The monoisotopic (exact) mass is 293 g/mol. The van der Waals surface area contributed by atoms with Gasteiger partial charge in [-0.15, -0.1) is 12.4 Å². The molecule has 5 heteroatoms. The minimum atomic E-state index is 0. The molecule has 0 bridgehead atoms. The number of imidazole rings is 1. The van der Waals surface area contributed by atoms with Gasteiger partial charge in [-0.2, -0.15) is 0 Å². The molecule has 0 aliphatic carbocycles. The highest BCUT2D eigenvalue weighted by atomic mass is 35.5. The maximum atomic E-state index is 6.17. The molecule has 2 N–H and O–H groups in total. The summed E-state index contributed by atoms with van der Waals surface area (Å²) in [5.41, 5.74) is 3.91. The van der Waals surface area contributed by atoms with Crippen molar-refractivity contribution in [1.82, 2.24) is 9.97 Å². The van der Waals surface area contributed by atoms with E-state index in [2.05, 4.69) is 15.3 Å². The second-order valence-corrected chi connectivity index (χ2v) is 4.57. The second kappa shape index (κ2) is 5.51. The summed E-state index contributed by atoms with van der Waals surface area (Å²) in [6, 6.07) is 13.7. The van der Waals surface area contributed by atoms with Gasteiger partial charge in [-0.25, -0.2) is 4.98 Å². The van der Waals surface area contributed by atoms with Gasteiger partial charge >= 0.3 is 0 Å². The molecule has 0 aliphatic heterocycles. The van der Waals surface area contributed by atoms with Crippen molar-refractivity contribution in [3.8, 4) is 0 Å². The molecule has 0 radical (unpaired) electrons. The number of H-pyrrole nitrogens is 1. The third-order valence-electron chi connectivity index (χ3n) is 2.85. The average Bonchev–Trinajstić information content (AvgIpc) is 2.76. The van der Waals surface area contributed by atoms with E-state index in [0.29, 0.717) is 11.0 Å². The fraction of sp³-hybridized carbons (Fsp3) is 0.0714. The molecular weight excluding hydrogens is 281 g/mol. The Balaban J connectivity index is 0.00000133. The molecule has 3 nitrogen and oxygen atoms in total. The molecule has 0 amide bonds. The van der Waals surface area contributed by atoms with E-state index in [1.165, 1.54) is 0 Å². The number of para-hydroxylation sites is 3. The van der Waals surface area contributed by atoms with Crippen LogP contribution in [0.5, 0.6) is 0 Å². The average molecular weight is 294 g/mol. The highest BCUT2D eigenvalue weighted by molar-refractivity contribution is 6.33. The fourth-order valence-electron chi connectivity index (χ4n) is 1.92. The molecule has 0 fully saturated rings. The van der Waals surface area contributed by atoms with Crippen LogP contribution >= 0.6 is 24.0 Å². The summed E-state index contributed by atoms with van der Waals surface area (Å²) in [5.74, 6) is 0.701. The zero-order valence-electron chi connectivity index (χ0n) is 10.3. The Morgan fingerprint density at radius 1 is 1.11 bits per heavy atom. The van der Waals surface area contributed by atoms with Crippen LogP contribution in [0.1, 0.15) is 5.56 Å². The maximum Gasteiger partial charge on any atom is 0.205 e. The van der Waals surface area contributed by atoms with Crippen LogP contribution in [0.15, 0.2) is 42.5 Å². The molecule has 0 unspecified atom stereocenters. The Hall–Kier alpha value is -1.71. The van der Waals surface area contributed by atoms with Gasteiger partial charge in [0.1, 0.15) is 0 Å². The van der Waals surface area contributed by atoms with Gasteiger partial charge in [0, 0.05) is 0 Å². The van der Waals surface area contributed by atoms with Crippen molar-refractivity contribution in [2.45, 2.75) is 6.92 Å². The van der Waals surface area contributed by atoms with E-state index in [1.54, 1.807) is 0 Å². The van der Waals surface area contributed by atoms with Crippen molar-refractivity contribution in [3.05, 3.63) is 53.1 Å². The van der Waals surface area contributed by atoms with E-state index in [9.17, 15) is 0 Å². The van der Waals surface area contributed by atoms with Gasteiger partial charge in [-0.3, -0.25) is 0 Å². The van der Waals surface area contributed by atoms with Gasteiger partial charge in [-0.1, -0.05) is 35.9 Å². The van der Waals surface area contributed by atoms with Gasteiger partial charge in [0.25, 0.3) is 0 Å². The number of aryl methyl sites for hydroxylation is 1. The van der Waals surface area contributed by atoms with Gasteiger partial charge in [0.2, 0.25) is 5.95 Å². The summed E-state index contributed by atoms with van der Waals surface area (Å²) in [6.07, 6.45) is 0. The summed E-state index contributed by atoms with van der Waals surface area (Å²) in [6.45, 7) is 2.01. The number of aromatic nitrogens is 2. The first-order valence-corrected chi connectivity index (χ1v) is 6.09. The number of rotatable bonds is 2. The Morgan fingerprint density at radius 2 is 1.89 bits per heavy atom. The van der Waals surface area contributed by atoms with Crippen molar-refractivity contribution in [2.24, 2.45) is 0 Å². The van der Waals surface area contributed by atoms with E-state index >= 15 is 0 Å². The van der Waals surface area contributed by atoms with Crippen LogP contribution in [0.2, 0.25) is 5.02 Å². The number of nitrogens with one attached hydrogen (secondary N) is 2. The van der Waals surface area contributed by atoms with Crippen LogP contribution in [0.4, 0.5) is 11.6 Å². The second-order valence-electron chi connectivity index (χ2n) is 4.16. The van der Waals surface area contributed by atoms with E-state index in [0.717, 1.165) is 22.3 Å². The summed E-state index contributed by atoms with van der Waals surface area (Å²) in [7, 11) is 0. The first-order valence-electron chi connectivity index (χ1n) is 5.71. The number of hydrogen-bond donors (Lipinski definition) is 2. The molecule has 98 valence electrons. The first-order chi connectivity index (χ1) is 8.74. The lowest BCUT2D eigenvalue weighted by Gasteiger charge is -2.08. The lowest BCUT2D eigenvalue weighted by Crippen LogP contribution is -1.95. The van der Waals surface area contributed by atoms with E-state index in [-0.39, 0.29) is 12.4 Å². The zero-order valence-corrected chi connectivity index (χ0v) is 11.8. The normalized spacial score (nSPS) is 10.2. The summed E-state index contributed by atoms with van der Waals surface area (Å²) in [4.78, 5) is 7.68. The topological polar surface area (TPSA) is 40.7 Å². The summed E-state index contributed by atoms with van der Waals surface area (Å²) in [5, 5.41) is 3.92. The van der Waals surface area contributed by atoms with E-state index in [4.69, 9.17) is 11.6 Å². The van der Waals surface area contributed by atoms with E-state index in [1.807, 2.05) is 49.4 Å². The molecule has 2 aromatic carbocycles. The maximum absolute atomic E-state index is 6.17. The molecule has 0 aliphatic rings. The number of aromatic amines is 1. The Kier molecular flexibility index (Phi) is 3.98. The molecule has 0 saturated heterocycles. The van der Waals surface area contributed by atoms with Crippen molar-refractivity contribution >= 4 is 46.7 Å². The lowest BCUT2D eigenvalue weighted by atomic mass is 10.2. The smallest absolute Gasteiger partial charge is 0.205 e. The summed E-state index contributed by atoms with van der Waals surface area (Å²) >= 11 is 6.17. The first kappa shape index (κ1) is 13.7. The van der Waals surface area contributed by atoms with Gasteiger partial charge in [0.05, 0.1) is 21.7 Å². The molecule has 1 heterocycles. The quantitative estimate of drug-likeness (QED) is 0.720. The van der Waals surface area contributed by atoms with Crippen LogP contribution in [-0.4, -0.2) is 9.97 Å². The van der Waals surface area contributed by atoms with Crippen molar-refractivity contribution in [2.75, 3.05) is 5.32 Å². The molecule has 0 saturated carbocycles. The van der Waals surface area contributed by atoms with Gasteiger partial charge in [-0.05, 0) is 30.7 Å². The third kappa shape index (κ3) is 2.67. The minimum Gasteiger partial charge on any atom is -0.324 e. The van der Waals surface area contributed by atoms with Crippen molar-refractivity contribution < 1.29 is 0 Å². The lowest BCUT2D eigenvalue weighted by molar-refractivity contribution is 1.29. The van der Waals surface area contributed by atoms with E-state index < -0.39 is 0 Å². The Morgan fingerprint density at radius 3 is 2.63 bits per heavy atom. The minimum absolute atomic E-state index is 0. The van der Waals surface area contributed by atoms with Crippen LogP contribution in [0, 0.1) is 6.92 Å². The predicted octanol–water partition coefficient (Wildman–Crippen LogP) is 4.69. The fourth-order valence-corrected chi connectivity index (χ4v) is 2.19. The number of anilines is 2. The third-order valence-corrected chi connectivity index (χ3v) is 3.17. The Bertz CT molecular complexity index is 653.